The van der Waals surface area contributed by atoms with E-state index in [0.29, 0.717) is 16.3 Å². The third kappa shape index (κ3) is 4.02. The first kappa shape index (κ1) is 18.5. The maximum atomic E-state index is 13.0. The molecule has 28 heavy (non-hydrogen) atoms. The lowest BCUT2D eigenvalue weighted by Gasteiger charge is -2.17. The molecule has 3 aromatic rings. The average Bonchev–Trinajstić information content (AvgIpc) is 3.52. The average molecular weight is 393 g/mol. The minimum Gasteiger partial charge on any atom is -0.345 e. The number of carbonyl (C=O) groups excluding carboxylic acids is 2. The van der Waals surface area contributed by atoms with Crippen LogP contribution in [0.4, 0.5) is 5.69 Å². The number of hydrogen-bond acceptors (Lipinski definition) is 2. The highest BCUT2D eigenvalue weighted by molar-refractivity contribution is 6.30. The van der Waals surface area contributed by atoms with Gasteiger partial charge in [0, 0.05) is 10.9 Å². The van der Waals surface area contributed by atoms with E-state index in [1.165, 1.54) is 0 Å². The van der Waals surface area contributed by atoms with Crippen LogP contribution in [-0.4, -0.2) is 11.8 Å². The SMILES string of the molecule is CC(NC(=O)c1cc2ccccc2cc1NC(=O)C1CC1)c1cccc(Cl)c1. The predicted octanol–water partition coefficient (Wildman–Crippen LogP) is 5.33. The Morgan fingerprint density at radius 1 is 1.00 bits per heavy atom. The normalized spacial score (nSPS) is 14.5. The molecule has 1 atom stereocenters. The van der Waals surface area contributed by atoms with Crippen molar-refractivity contribution in [2.45, 2.75) is 25.8 Å². The summed E-state index contributed by atoms with van der Waals surface area (Å²) in [4.78, 5) is 25.4. The van der Waals surface area contributed by atoms with E-state index >= 15 is 0 Å². The lowest BCUT2D eigenvalue weighted by Crippen LogP contribution is -2.28. The van der Waals surface area contributed by atoms with Gasteiger partial charge in [-0.15, -0.1) is 0 Å². The van der Waals surface area contributed by atoms with E-state index in [1.54, 1.807) is 6.07 Å². The zero-order chi connectivity index (χ0) is 19.7. The summed E-state index contributed by atoms with van der Waals surface area (Å²) in [6, 6.07) is 18.7. The lowest BCUT2D eigenvalue weighted by atomic mass is 10.0. The van der Waals surface area contributed by atoms with E-state index in [4.69, 9.17) is 11.6 Å². The standard InChI is InChI=1S/C23H21ClN2O2/c1-14(16-7-4-8-19(24)11-16)25-23(28)20-12-17-5-2-3-6-18(17)13-21(20)26-22(27)15-9-10-15/h2-8,11-15H,9-10H2,1H3,(H,25,28)(H,26,27). The van der Waals surface area contributed by atoms with Crippen molar-refractivity contribution in [2.24, 2.45) is 5.92 Å². The number of hydrogen-bond donors (Lipinski definition) is 2. The van der Waals surface area contributed by atoms with Gasteiger partial charge in [0.25, 0.3) is 5.91 Å². The van der Waals surface area contributed by atoms with Gasteiger partial charge in [0.15, 0.2) is 0 Å². The van der Waals surface area contributed by atoms with Crippen LogP contribution in [0.25, 0.3) is 10.8 Å². The highest BCUT2D eigenvalue weighted by Gasteiger charge is 2.30. The molecule has 1 unspecified atom stereocenters. The Bertz CT molecular complexity index is 1060. The molecule has 4 rings (SSSR count). The number of anilines is 1. The first-order valence-corrected chi connectivity index (χ1v) is 9.79. The van der Waals surface area contributed by atoms with Crippen molar-refractivity contribution >= 4 is 39.9 Å². The monoisotopic (exact) mass is 392 g/mol. The van der Waals surface area contributed by atoms with Crippen LogP contribution >= 0.6 is 11.6 Å². The molecule has 0 radical (unpaired) electrons. The molecule has 0 saturated heterocycles. The van der Waals surface area contributed by atoms with E-state index in [9.17, 15) is 9.59 Å². The Kier molecular flexibility index (Phi) is 5.05. The summed E-state index contributed by atoms with van der Waals surface area (Å²) >= 11 is 6.07. The van der Waals surface area contributed by atoms with Crippen LogP contribution in [0.5, 0.6) is 0 Å². The van der Waals surface area contributed by atoms with Crippen molar-refractivity contribution in [1.82, 2.24) is 5.32 Å². The van der Waals surface area contributed by atoms with Crippen LogP contribution in [0.1, 0.15) is 41.7 Å². The summed E-state index contributed by atoms with van der Waals surface area (Å²) < 4.78 is 0. The molecule has 0 bridgehead atoms. The van der Waals surface area contributed by atoms with Crippen molar-refractivity contribution in [3.8, 4) is 0 Å². The van der Waals surface area contributed by atoms with Crippen LogP contribution in [0, 0.1) is 5.92 Å². The summed E-state index contributed by atoms with van der Waals surface area (Å²) in [6.45, 7) is 1.91. The maximum absolute atomic E-state index is 13.0. The minimum atomic E-state index is -0.232. The molecule has 1 aliphatic carbocycles. The van der Waals surface area contributed by atoms with Gasteiger partial charge in [0.1, 0.15) is 0 Å². The van der Waals surface area contributed by atoms with Crippen LogP contribution in [0.15, 0.2) is 60.7 Å². The number of fused-ring (bicyclic) bond motifs is 1. The molecule has 3 aromatic carbocycles. The van der Waals surface area contributed by atoms with Crippen LogP contribution in [0.2, 0.25) is 5.02 Å². The van der Waals surface area contributed by atoms with Gasteiger partial charge in [-0.1, -0.05) is 48.0 Å². The third-order valence-electron chi connectivity index (χ3n) is 5.03. The lowest BCUT2D eigenvalue weighted by molar-refractivity contribution is -0.117. The third-order valence-corrected chi connectivity index (χ3v) is 5.27. The number of rotatable bonds is 5. The van der Waals surface area contributed by atoms with Gasteiger partial charge in [-0.2, -0.15) is 0 Å². The fourth-order valence-corrected chi connectivity index (χ4v) is 3.44. The summed E-state index contributed by atoms with van der Waals surface area (Å²) in [5.41, 5.74) is 1.93. The van der Waals surface area contributed by atoms with Crippen molar-refractivity contribution in [3.05, 3.63) is 76.8 Å². The Hall–Kier alpha value is -2.85. The van der Waals surface area contributed by atoms with Crippen molar-refractivity contribution in [1.29, 1.82) is 0 Å². The molecule has 1 fully saturated rings. The van der Waals surface area contributed by atoms with Crippen LogP contribution in [0.3, 0.4) is 0 Å². The maximum Gasteiger partial charge on any atom is 0.253 e. The largest absolute Gasteiger partial charge is 0.345 e. The summed E-state index contributed by atoms with van der Waals surface area (Å²) in [7, 11) is 0. The van der Waals surface area contributed by atoms with Crippen LogP contribution < -0.4 is 10.6 Å². The molecule has 0 aliphatic heterocycles. The smallest absolute Gasteiger partial charge is 0.253 e. The number of halogens is 1. The second-order valence-electron chi connectivity index (χ2n) is 7.26. The summed E-state index contributed by atoms with van der Waals surface area (Å²) in [5, 5.41) is 8.52. The van der Waals surface area contributed by atoms with Crippen LogP contribution in [-0.2, 0) is 4.79 Å². The van der Waals surface area contributed by atoms with E-state index in [1.807, 2.05) is 61.5 Å². The van der Waals surface area contributed by atoms with Gasteiger partial charge < -0.3 is 10.6 Å². The second kappa shape index (κ2) is 7.64. The van der Waals surface area contributed by atoms with Crippen molar-refractivity contribution in [3.63, 3.8) is 0 Å². The second-order valence-corrected chi connectivity index (χ2v) is 7.70. The first-order chi connectivity index (χ1) is 13.5. The topological polar surface area (TPSA) is 58.2 Å². The molecule has 5 heteroatoms. The van der Waals surface area contributed by atoms with Gasteiger partial charge in [0.05, 0.1) is 17.3 Å². The molecule has 2 N–H and O–H groups in total. The highest BCUT2D eigenvalue weighted by atomic mass is 35.5. The molecular formula is C23H21ClN2O2. The van der Waals surface area contributed by atoms with E-state index in [0.717, 1.165) is 29.2 Å². The van der Waals surface area contributed by atoms with Gasteiger partial charge in [-0.05, 0) is 60.4 Å². The minimum absolute atomic E-state index is 0.0211. The van der Waals surface area contributed by atoms with E-state index in [2.05, 4.69) is 10.6 Å². The van der Waals surface area contributed by atoms with Crippen molar-refractivity contribution < 1.29 is 9.59 Å². The Balaban J connectivity index is 1.64. The number of benzene rings is 3. The zero-order valence-corrected chi connectivity index (χ0v) is 16.3. The molecule has 2 amide bonds. The van der Waals surface area contributed by atoms with E-state index < -0.39 is 0 Å². The number of carbonyl (C=O) groups is 2. The summed E-state index contributed by atoms with van der Waals surface area (Å²) in [5.74, 6) is -0.190. The van der Waals surface area contributed by atoms with Gasteiger partial charge in [-0.25, -0.2) is 0 Å². The van der Waals surface area contributed by atoms with Gasteiger partial charge in [-0.3, -0.25) is 9.59 Å². The fourth-order valence-electron chi connectivity index (χ4n) is 3.25. The van der Waals surface area contributed by atoms with E-state index in [-0.39, 0.29) is 23.8 Å². The Morgan fingerprint density at radius 3 is 2.39 bits per heavy atom. The Morgan fingerprint density at radius 2 is 1.71 bits per heavy atom. The Labute approximate surface area is 168 Å². The quantitative estimate of drug-likeness (QED) is 0.616. The molecule has 4 nitrogen and oxygen atoms in total. The molecule has 0 aromatic heterocycles. The number of nitrogens with one attached hydrogen (secondary N) is 2. The van der Waals surface area contributed by atoms with Crippen molar-refractivity contribution in [2.75, 3.05) is 5.32 Å². The molecule has 142 valence electrons. The molecule has 0 heterocycles. The highest BCUT2D eigenvalue weighted by Crippen LogP contribution is 2.32. The zero-order valence-electron chi connectivity index (χ0n) is 15.5. The molecular weight excluding hydrogens is 372 g/mol. The fraction of sp³-hybridized carbons (Fsp3) is 0.217. The summed E-state index contributed by atoms with van der Waals surface area (Å²) in [6.07, 6.45) is 1.82. The first-order valence-electron chi connectivity index (χ1n) is 9.41. The molecule has 1 aliphatic rings. The molecule has 0 spiro atoms. The predicted molar refractivity (Wildman–Crippen MR) is 113 cm³/mol. The number of amides is 2. The van der Waals surface area contributed by atoms with Gasteiger partial charge >= 0.3 is 0 Å². The van der Waals surface area contributed by atoms with Gasteiger partial charge in [0.2, 0.25) is 5.91 Å². The molecule has 1 saturated carbocycles.